The number of benzene rings is 3. The molecule has 6 heteroatoms. The van der Waals surface area contributed by atoms with Crippen molar-refractivity contribution in [3.63, 3.8) is 0 Å². The second-order valence-electron chi connectivity index (χ2n) is 7.43. The van der Waals surface area contributed by atoms with Crippen LogP contribution in [0.25, 0.3) is 10.8 Å². The second-order valence-corrected chi connectivity index (χ2v) is 9.34. The third-order valence-electron chi connectivity index (χ3n) is 4.93. The van der Waals surface area contributed by atoms with E-state index in [-0.39, 0.29) is 12.5 Å². The number of rotatable bonds is 6. The fraction of sp³-hybridized carbons (Fsp3) is 0.261. The van der Waals surface area contributed by atoms with Crippen LogP contribution in [-0.4, -0.2) is 27.1 Å². The van der Waals surface area contributed by atoms with Crippen LogP contribution in [0, 0.1) is 20.8 Å². The van der Waals surface area contributed by atoms with Crippen molar-refractivity contribution in [1.29, 1.82) is 0 Å². The first-order chi connectivity index (χ1) is 13.7. The minimum absolute atomic E-state index is 0.256. The van der Waals surface area contributed by atoms with Gasteiger partial charge in [0.1, 0.15) is 6.54 Å². The number of sulfonamides is 1. The van der Waals surface area contributed by atoms with Gasteiger partial charge < -0.3 is 5.32 Å². The summed E-state index contributed by atoms with van der Waals surface area (Å²) in [6.45, 7) is 5.77. The topological polar surface area (TPSA) is 66.5 Å². The molecule has 0 saturated carbocycles. The van der Waals surface area contributed by atoms with E-state index in [0.717, 1.165) is 39.3 Å². The Kier molecular flexibility index (Phi) is 5.94. The van der Waals surface area contributed by atoms with Gasteiger partial charge in [0.25, 0.3) is 0 Å². The lowest BCUT2D eigenvalue weighted by atomic mass is 10.0. The van der Waals surface area contributed by atoms with E-state index in [1.165, 1.54) is 4.31 Å². The maximum Gasteiger partial charge on any atom is 0.241 e. The van der Waals surface area contributed by atoms with Crippen LogP contribution in [0.3, 0.4) is 0 Å². The molecule has 0 fully saturated rings. The Labute approximate surface area is 172 Å². The average Bonchev–Trinajstić information content (AvgIpc) is 2.64. The summed E-state index contributed by atoms with van der Waals surface area (Å²) >= 11 is 0. The van der Waals surface area contributed by atoms with Gasteiger partial charge in [-0.1, -0.05) is 60.2 Å². The van der Waals surface area contributed by atoms with Crippen molar-refractivity contribution in [2.75, 3.05) is 17.1 Å². The Morgan fingerprint density at radius 2 is 1.59 bits per heavy atom. The number of nitrogens with one attached hydrogen (secondary N) is 1. The Hall–Kier alpha value is -2.86. The Bertz CT molecular complexity index is 1140. The fourth-order valence-corrected chi connectivity index (χ4v) is 4.73. The van der Waals surface area contributed by atoms with Crippen LogP contribution in [0.1, 0.15) is 22.3 Å². The number of fused-ring (bicyclic) bond motifs is 1. The van der Waals surface area contributed by atoms with E-state index < -0.39 is 10.0 Å². The minimum atomic E-state index is -3.62. The molecular weight excluding hydrogens is 384 g/mol. The monoisotopic (exact) mass is 410 g/mol. The van der Waals surface area contributed by atoms with Gasteiger partial charge in [0.2, 0.25) is 15.9 Å². The maximum atomic E-state index is 12.7. The first-order valence-electron chi connectivity index (χ1n) is 9.45. The molecule has 29 heavy (non-hydrogen) atoms. The molecule has 0 radical (unpaired) electrons. The standard InChI is InChI=1S/C23H26N2O3S/c1-16-12-17(2)23(18(3)13-16)25(29(4,27)28)15-22(26)24-14-20-10-7-9-19-8-5-6-11-21(19)20/h5-13H,14-15H2,1-4H3,(H,24,26). The van der Waals surface area contributed by atoms with Crippen molar-refractivity contribution in [1.82, 2.24) is 5.32 Å². The zero-order chi connectivity index (χ0) is 21.2. The molecule has 3 aromatic carbocycles. The lowest BCUT2D eigenvalue weighted by Crippen LogP contribution is -2.40. The lowest BCUT2D eigenvalue weighted by Gasteiger charge is -2.26. The number of hydrogen-bond donors (Lipinski definition) is 1. The number of anilines is 1. The van der Waals surface area contributed by atoms with Crippen LogP contribution < -0.4 is 9.62 Å². The summed E-state index contributed by atoms with van der Waals surface area (Å²) in [7, 11) is -3.62. The third-order valence-corrected chi connectivity index (χ3v) is 6.04. The zero-order valence-electron chi connectivity index (χ0n) is 17.2. The number of hydrogen-bond acceptors (Lipinski definition) is 3. The van der Waals surface area contributed by atoms with Gasteiger partial charge in [0, 0.05) is 6.54 Å². The molecule has 0 aliphatic carbocycles. The average molecular weight is 411 g/mol. The first-order valence-corrected chi connectivity index (χ1v) is 11.3. The zero-order valence-corrected chi connectivity index (χ0v) is 18.0. The highest BCUT2D eigenvalue weighted by atomic mass is 32.2. The molecule has 0 unspecified atom stereocenters. The Morgan fingerprint density at radius 1 is 0.966 bits per heavy atom. The second kappa shape index (κ2) is 8.25. The van der Waals surface area contributed by atoms with E-state index in [0.29, 0.717) is 12.2 Å². The van der Waals surface area contributed by atoms with Crippen molar-refractivity contribution in [2.24, 2.45) is 0 Å². The molecule has 1 N–H and O–H groups in total. The lowest BCUT2D eigenvalue weighted by molar-refractivity contribution is -0.119. The fourth-order valence-electron chi connectivity index (χ4n) is 3.75. The number of carbonyl (C=O) groups is 1. The third kappa shape index (κ3) is 4.77. The van der Waals surface area contributed by atoms with E-state index in [1.807, 2.05) is 75.4 Å². The minimum Gasteiger partial charge on any atom is -0.350 e. The van der Waals surface area contributed by atoms with E-state index in [4.69, 9.17) is 0 Å². The van der Waals surface area contributed by atoms with Gasteiger partial charge in [-0.3, -0.25) is 9.10 Å². The molecule has 0 aliphatic heterocycles. The van der Waals surface area contributed by atoms with Crippen molar-refractivity contribution >= 4 is 32.4 Å². The van der Waals surface area contributed by atoms with Gasteiger partial charge in [0.15, 0.2) is 0 Å². The van der Waals surface area contributed by atoms with Crippen molar-refractivity contribution in [3.8, 4) is 0 Å². The molecule has 152 valence electrons. The van der Waals surface area contributed by atoms with Crippen LogP contribution in [-0.2, 0) is 21.4 Å². The Morgan fingerprint density at radius 3 is 2.24 bits per heavy atom. The first kappa shape index (κ1) is 20.9. The smallest absolute Gasteiger partial charge is 0.241 e. The largest absolute Gasteiger partial charge is 0.350 e. The molecule has 0 aromatic heterocycles. The summed E-state index contributed by atoms with van der Waals surface area (Å²) in [4.78, 5) is 12.7. The van der Waals surface area contributed by atoms with Crippen LogP contribution in [0.5, 0.6) is 0 Å². The number of aryl methyl sites for hydroxylation is 3. The van der Waals surface area contributed by atoms with Crippen LogP contribution >= 0.6 is 0 Å². The van der Waals surface area contributed by atoms with Crippen molar-refractivity contribution in [2.45, 2.75) is 27.3 Å². The van der Waals surface area contributed by atoms with Gasteiger partial charge in [-0.2, -0.15) is 0 Å². The van der Waals surface area contributed by atoms with Gasteiger partial charge in [-0.05, 0) is 48.2 Å². The van der Waals surface area contributed by atoms with Crippen LogP contribution in [0.2, 0.25) is 0 Å². The molecule has 0 saturated heterocycles. The normalized spacial score (nSPS) is 11.4. The molecule has 3 rings (SSSR count). The predicted molar refractivity (Wildman–Crippen MR) is 119 cm³/mol. The molecule has 0 bridgehead atoms. The summed E-state index contributed by atoms with van der Waals surface area (Å²) in [6.07, 6.45) is 1.13. The SMILES string of the molecule is Cc1cc(C)c(N(CC(=O)NCc2cccc3ccccc23)S(C)(=O)=O)c(C)c1. The quantitative estimate of drug-likeness (QED) is 0.671. The van der Waals surface area contributed by atoms with E-state index >= 15 is 0 Å². The highest BCUT2D eigenvalue weighted by Gasteiger charge is 2.24. The molecule has 3 aromatic rings. The highest BCUT2D eigenvalue weighted by molar-refractivity contribution is 7.92. The van der Waals surface area contributed by atoms with E-state index in [2.05, 4.69) is 5.32 Å². The maximum absolute atomic E-state index is 12.7. The molecule has 1 amide bonds. The van der Waals surface area contributed by atoms with Crippen molar-refractivity contribution < 1.29 is 13.2 Å². The molecule has 0 heterocycles. The molecule has 5 nitrogen and oxygen atoms in total. The summed E-state index contributed by atoms with van der Waals surface area (Å²) < 4.78 is 26.1. The molecular formula is C23H26N2O3S. The highest BCUT2D eigenvalue weighted by Crippen LogP contribution is 2.28. The predicted octanol–water partition coefficient (Wildman–Crippen LogP) is 3.85. The van der Waals surface area contributed by atoms with E-state index in [1.54, 1.807) is 0 Å². The van der Waals surface area contributed by atoms with Gasteiger partial charge in [-0.25, -0.2) is 8.42 Å². The summed E-state index contributed by atoms with van der Waals surface area (Å²) in [5, 5.41) is 5.04. The number of nitrogens with zero attached hydrogens (tertiary/aromatic N) is 1. The van der Waals surface area contributed by atoms with Gasteiger partial charge >= 0.3 is 0 Å². The summed E-state index contributed by atoms with van der Waals surface area (Å²) in [5.74, 6) is -0.345. The van der Waals surface area contributed by atoms with Gasteiger partial charge in [0.05, 0.1) is 11.9 Å². The number of carbonyl (C=O) groups excluding carboxylic acids is 1. The van der Waals surface area contributed by atoms with Gasteiger partial charge in [-0.15, -0.1) is 0 Å². The van der Waals surface area contributed by atoms with Crippen LogP contribution in [0.15, 0.2) is 54.6 Å². The number of amides is 1. The molecule has 0 spiro atoms. The van der Waals surface area contributed by atoms with E-state index in [9.17, 15) is 13.2 Å². The molecule has 0 aliphatic rings. The summed E-state index contributed by atoms with van der Waals surface area (Å²) in [6, 6.07) is 17.8. The molecule has 0 atom stereocenters. The van der Waals surface area contributed by atoms with Crippen LogP contribution in [0.4, 0.5) is 5.69 Å². The van der Waals surface area contributed by atoms with Crippen molar-refractivity contribution in [3.05, 3.63) is 76.9 Å². The summed E-state index contributed by atoms with van der Waals surface area (Å²) in [5.41, 5.74) is 4.27. The Balaban J connectivity index is 1.81.